The van der Waals surface area contributed by atoms with Gasteiger partial charge in [-0.05, 0) is 44.0 Å². The van der Waals surface area contributed by atoms with Crippen LogP contribution in [-0.2, 0) is 17.9 Å². The third-order valence-electron chi connectivity index (χ3n) is 5.69. The molecule has 11 heteroatoms. The number of hydrogen-bond acceptors (Lipinski definition) is 6. The number of nitrogens with one attached hydrogen (secondary N) is 2. The number of alkyl halides is 2. The Bertz CT molecular complexity index is 1170. The summed E-state index contributed by atoms with van der Waals surface area (Å²) >= 11 is 0. The zero-order valence-corrected chi connectivity index (χ0v) is 17.9. The molecule has 3 aromatic rings. The van der Waals surface area contributed by atoms with Gasteiger partial charge in [0.05, 0.1) is 17.9 Å². The molecule has 0 spiro atoms. The highest BCUT2D eigenvalue weighted by atomic mass is 19.3. The quantitative estimate of drug-likeness (QED) is 0.472. The van der Waals surface area contributed by atoms with Crippen molar-refractivity contribution in [3.05, 3.63) is 47.5 Å². The highest BCUT2D eigenvalue weighted by molar-refractivity contribution is 6.09. The topological polar surface area (TPSA) is 119 Å². The van der Waals surface area contributed by atoms with Crippen LogP contribution in [0.1, 0.15) is 34.7 Å². The van der Waals surface area contributed by atoms with Crippen LogP contribution in [-0.4, -0.2) is 51.8 Å². The molecule has 33 heavy (non-hydrogen) atoms. The molecule has 1 aromatic carbocycles. The lowest BCUT2D eigenvalue weighted by atomic mass is 9.89. The van der Waals surface area contributed by atoms with Gasteiger partial charge >= 0.3 is 0 Å². The van der Waals surface area contributed by atoms with E-state index in [0.29, 0.717) is 47.6 Å². The van der Waals surface area contributed by atoms with Crippen LogP contribution in [0.4, 0.5) is 8.78 Å². The first-order valence-corrected chi connectivity index (χ1v) is 10.5. The molecule has 4 rings (SSSR count). The number of carbonyl (C=O) groups is 2. The molecule has 1 unspecified atom stereocenters. The third-order valence-corrected chi connectivity index (χ3v) is 5.69. The molecule has 3 heterocycles. The summed E-state index contributed by atoms with van der Waals surface area (Å²) in [5.74, 6) is -0.239. The molecule has 1 saturated heterocycles. The molecule has 0 bridgehead atoms. The Labute approximate surface area is 187 Å². The summed E-state index contributed by atoms with van der Waals surface area (Å²) in [7, 11) is 0. The van der Waals surface area contributed by atoms with E-state index < -0.39 is 36.9 Å². The summed E-state index contributed by atoms with van der Waals surface area (Å²) in [6.07, 6.45) is -0.178. The molecule has 176 valence electrons. The van der Waals surface area contributed by atoms with Crippen molar-refractivity contribution in [1.82, 2.24) is 20.4 Å². The summed E-state index contributed by atoms with van der Waals surface area (Å²) in [4.78, 5) is 25.5. The summed E-state index contributed by atoms with van der Waals surface area (Å²) in [5, 5.41) is 19.5. The Balaban J connectivity index is 1.57. The lowest BCUT2D eigenvalue weighted by molar-refractivity contribution is -0.131. The molecule has 0 saturated carbocycles. The van der Waals surface area contributed by atoms with E-state index in [1.165, 1.54) is 10.9 Å². The molecule has 0 aliphatic carbocycles. The fraction of sp³-hybridized carbons (Fsp3) is 0.409. The van der Waals surface area contributed by atoms with Crippen LogP contribution < -0.4 is 15.4 Å². The van der Waals surface area contributed by atoms with E-state index in [1.54, 1.807) is 31.2 Å². The summed E-state index contributed by atoms with van der Waals surface area (Å²) < 4.78 is 38.0. The smallest absolute Gasteiger partial charge is 0.257 e. The van der Waals surface area contributed by atoms with Crippen LogP contribution in [0.25, 0.3) is 11.0 Å². The Kier molecular flexibility index (Phi) is 6.32. The standard InChI is InChI=1S/C22H24F2N4O5/c1-13-19(20(30)27-22(12-29)6-2-7-25-21(22)31)16-9-15(3-4-17(16)33-13)32-11-14-5-8-26-28(14)10-18(23)24/h3-5,8-9,18,29H,2,6-7,10-12H2,1H3,(H,25,31)(H,27,30). The Morgan fingerprint density at radius 2 is 2.24 bits per heavy atom. The number of benzene rings is 1. The van der Waals surface area contributed by atoms with Crippen LogP contribution in [0.2, 0.25) is 0 Å². The fourth-order valence-electron chi connectivity index (χ4n) is 3.97. The number of ether oxygens (including phenoxy) is 1. The maximum absolute atomic E-state index is 13.1. The van der Waals surface area contributed by atoms with Gasteiger partial charge in [-0.2, -0.15) is 5.10 Å². The number of piperidine rings is 1. The van der Waals surface area contributed by atoms with Gasteiger partial charge in [-0.1, -0.05) is 0 Å². The van der Waals surface area contributed by atoms with Gasteiger partial charge in [0, 0.05) is 18.1 Å². The van der Waals surface area contributed by atoms with Gasteiger partial charge < -0.3 is 24.9 Å². The van der Waals surface area contributed by atoms with Crippen LogP contribution in [0.3, 0.4) is 0 Å². The molecule has 2 aromatic heterocycles. The maximum Gasteiger partial charge on any atom is 0.257 e. The molecule has 1 atom stereocenters. The van der Waals surface area contributed by atoms with Gasteiger partial charge in [0.15, 0.2) is 0 Å². The molecule has 9 nitrogen and oxygen atoms in total. The summed E-state index contributed by atoms with van der Waals surface area (Å²) in [6.45, 7) is 1.06. The average molecular weight is 462 g/mol. The first kappa shape index (κ1) is 22.7. The minimum Gasteiger partial charge on any atom is -0.487 e. The molecular formula is C22H24F2N4O5. The van der Waals surface area contributed by atoms with Crippen molar-refractivity contribution in [2.24, 2.45) is 0 Å². The minimum atomic E-state index is -2.54. The van der Waals surface area contributed by atoms with Crippen LogP contribution in [0, 0.1) is 6.92 Å². The van der Waals surface area contributed by atoms with Crippen molar-refractivity contribution in [1.29, 1.82) is 0 Å². The number of rotatable bonds is 8. The summed E-state index contributed by atoms with van der Waals surface area (Å²) in [5.41, 5.74) is -0.254. The largest absolute Gasteiger partial charge is 0.487 e. The normalized spacial score (nSPS) is 18.5. The second-order valence-corrected chi connectivity index (χ2v) is 7.93. The molecule has 0 radical (unpaired) electrons. The van der Waals surface area contributed by atoms with Gasteiger partial charge in [-0.3, -0.25) is 14.3 Å². The van der Waals surface area contributed by atoms with Crippen molar-refractivity contribution in [3.63, 3.8) is 0 Å². The van der Waals surface area contributed by atoms with Crippen molar-refractivity contribution in [2.45, 2.75) is 44.9 Å². The number of furan rings is 1. The summed E-state index contributed by atoms with van der Waals surface area (Å²) in [6, 6.07) is 6.48. The van der Waals surface area contributed by atoms with Crippen molar-refractivity contribution >= 4 is 22.8 Å². The van der Waals surface area contributed by atoms with Gasteiger partial charge in [-0.15, -0.1) is 0 Å². The number of aliphatic hydroxyl groups is 1. The van der Waals surface area contributed by atoms with E-state index >= 15 is 0 Å². The Morgan fingerprint density at radius 3 is 2.97 bits per heavy atom. The molecule has 1 aliphatic heterocycles. The second kappa shape index (κ2) is 9.18. The number of carbonyl (C=O) groups excluding carboxylic acids is 2. The number of hydrogen-bond donors (Lipinski definition) is 3. The predicted octanol–water partition coefficient (Wildman–Crippen LogP) is 2.15. The maximum atomic E-state index is 13.1. The first-order chi connectivity index (χ1) is 15.8. The number of aliphatic hydroxyl groups excluding tert-OH is 1. The number of fused-ring (bicyclic) bond motifs is 1. The third kappa shape index (κ3) is 4.54. The van der Waals surface area contributed by atoms with Gasteiger partial charge in [-0.25, -0.2) is 8.78 Å². The molecule has 3 N–H and O–H groups in total. The van der Waals surface area contributed by atoms with E-state index in [1.807, 2.05) is 0 Å². The molecular weight excluding hydrogens is 438 g/mol. The van der Waals surface area contributed by atoms with E-state index in [-0.39, 0.29) is 12.2 Å². The number of amides is 2. The number of aryl methyl sites for hydroxylation is 1. The predicted molar refractivity (Wildman–Crippen MR) is 113 cm³/mol. The van der Waals surface area contributed by atoms with Crippen molar-refractivity contribution in [2.75, 3.05) is 13.2 Å². The highest BCUT2D eigenvalue weighted by Crippen LogP contribution is 2.30. The van der Waals surface area contributed by atoms with Crippen LogP contribution >= 0.6 is 0 Å². The SMILES string of the molecule is Cc1oc2ccc(OCc3ccnn3CC(F)F)cc2c1C(=O)NC1(CO)CCCNC1=O. The fourth-order valence-corrected chi connectivity index (χ4v) is 3.97. The average Bonchev–Trinajstić information content (AvgIpc) is 3.35. The molecule has 1 fully saturated rings. The van der Waals surface area contributed by atoms with E-state index in [2.05, 4.69) is 15.7 Å². The van der Waals surface area contributed by atoms with Crippen molar-refractivity contribution < 1.29 is 32.6 Å². The lowest BCUT2D eigenvalue weighted by Crippen LogP contribution is -2.63. The number of aromatic nitrogens is 2. The monoisotopic (exact) mass is 462 g/mol. The van der Waals surface area contributed by atoms with E-state index in [4.69, 9.17) is 9.15 Å². The van der Waals surface area contributed by atoms with Crippen LogP contribution in [0.15, 0.2) is 34.9 Å². The van der Waals surface area contributed by atoms with Gasteiger partial charge in [0.2, 0.25) is 5.91 Å². The number of nitrogens with zero attached hydrogens (tertiary/aromatic N) is 2. The van der Waals surface area contributed by atoms with Crippen molar-refractivity contribution in [3.8, 4) is 5.75 Å². The highest BCUT2D eigenvalue weighted by Gasteiger charge is 2.42. The second-order valence-electron chi connectivity index (χ2n) is 7.93. The van der Waals surface area contributed by atoms with Crippen LogP contribution in [0.5, 0.6) is 5.75 Å². The zero-order valence-electron chi connectivity index (χ0n) is 17.9. The molecule has 2 amide bonds. The Hall–Kier alpha value is -3.47. The first-order valence-electron chi connectivity index (χ1n) is 10.5. The van der Waals surface area contributed by atoms with E-state index in [0.717, 1.165) is 0 Å². The Morgan fingerprint density at radius 1 is 1.42 bits per heavy atom. The van der Waals surface area contributed by atoms with Gasteiger partial charge in [0.25, 0.3) is 12.3 Å². The van der Waals surface area contributed by atoms with E-state index in [9.17, 15) is 23.5 Å². The lowest BCUT2D eigenvalue weighted by Gasteiger charge is -2.35. The minimum absolute atomic E-state index is 0.00435. The van der Waals surface area contributed by atoms with Gasteiger partial charge in [0.1, 0.15) is 35.8 Å². The number of halogens is 2. The zero-order chi connectivity index (χ0) is 23.6. The molecule has 1 aliphatic rings.